The smallest absolute Gasteiger partial charge is 0.228 e. The van der Waals surface area contributed by atoms with Gasteiger partial charge in [-0.15, -0.1) is 10.2 Å². The van der Waals surface area contributed by atoms with Crippen LogP contribution in [0.25, 0.3) is 11.6 Å². The Kier molecular flexibility index (Phi) is 6.78. The van der Waals surface area contributed by atoms with Gasteiger partial charge >= 0.3 is 0 Å². The van der Waals surface area contributed by atoms with Crippen molar-refractivity contribution in [3.8, 4) is 5.88 Å². The van der Waals surface area contributed by atoms with E-state index in [0.717, 1.165) is 33.6 Å². The summed E-state index contributed by atoms with van der Waals surface area (Å²) in [6.45, 7) is 3.73. The lowest BCUT2D eigenvalue weighted by atomic mass is 10.1. The summed E-state index contributed by atoms with van der Waals surface area (Å²) in [5, 5.41) is 24.0. The van der Waals surface area contributed by atoms with Crippen LogP contribution < -0.4 is 5.43 Å². The number of hydrogen-bond donors (Lipinski definition) is 2. The van der Waals surface area contributed by atoms with E-state index in [0.29, 0.717) is 17.4 Å². The van der Waals surface area contributed by atoms with E-state index in [1.165, 1.54) is 4.57 Å². The summed E-state index contributed by atoms with van der Waals surface area (Å²) in [4.78, 5) is 8.89. The molecule has 0 bridgehead atoms. The molecule has 1 aliphatic heterocycles. The van der Waals surface area contributed by atoms with Gasteiger partial charge in [0.05, 0.1) is 11.4 Å². The van der Waals surface area contributed by atoms with Crippen LogP contribution >= 0.6 is 12.2 Å². The molecule has 0 spiro atoms. The molecule has 0 amide bonds. The quantitative estimate of drug-likeness (QED) is 0.108. The Morgan fingerprint density at radius 1 is 0.946 bits per heavy atom. The van der Waals surface area contributed by atoms with Crippen LogP contribution in [-0.2, 0) is 0 Å². The van der Waals surface area contributed by atoms with E-state index in [2.05, 4.69) is 30.7 Å². The molecular formula is C28H23N7OS. The van der Waals surface area contributed by atoms with Gasteiger partial charge in [0.2, 0.25) is 16.8 Å². The number of hydrazone groups is 1. The van der Waals surface area contributed by atoms with E-state index in [1.807, 2.05) is 85.8 Å². The molecule has 8 nitrogen and oxygen atoms in total. The second-order valence-corrected chi connectivity index (χ2v) is 8.65. The van der Waals surface area contributed by atoms with Gasteiger partial charge in [-0.2, -0.15) is 5.10 Å². The predicted octanol–water partition coefficient (Wildman–Crippen LogP) is 6.52. The first kappa shape index (κ1) is 24.0. The highest BCUT2D eigenvalue weighted by Crippen LogP contribution is 2.33. The van der Waals surface area contributed by atoms with Gasteiger partial charge in [-0.05, 0) is 49.8 Å². The number of allylic oxidation sites excluding steroid dienone is 1. The Morgan fingerprint density at radius 2 is 1.68 bits per heavy atom. The number of nitrogens with zero attached hydrogens (tertiary/aromatic N) is 6. The number of imidazole rings is 1. The molecule has 9 heteroatoms. The first-order valence-corrected chi connectivity index (χ1v) is 12.0. The van der Waals surface area contributed by atoms with Crippen molar-refractivity contribution in [1.29, 1.82) is 0 Å². The average molecular weight is 506 g/mol. The summed E-state index contributed by atoms with van der Waals surface area (Å²) < 4.78 is 1.38. The lowest BCUT2D eigenvalue weighted by Gasteiger charge is -2.06. The average Bonchev–Trinajstić information content (AvgIpc) is 3.45. The largest absolute Gasteiger partial charge is 0.493 e. The van der Waals surface area contributed by atoms with Gasteiger partial charge in [-0.1, -0.05) is 66.7 Å². The predicted molar refractivity (Wildman–Crippen MR) is 152 cm³/mol. The lowest BCUT2D eigenvalue weighted by Crippen LogP contribution is -2.09. The van der Waals surface area contributed by atoms with Crippen LogP contribution in [0.5, 0.6) is 5.88 Å². The number of thiocarbonyl (C=S) groups is 1. The molecule has 2 heterocycles. The number of aromatic nitrogens is 2. The van der Waals surface area contributed by atoms with Crippen molar-refractivity contribution in [1.82, 2.24) is 9.55 Å². The normalized spacial score (nSPS) is 13.9. The minimum atomic E-state index is -0.122. The molecule has 4 aromatic rings. The van der Waals surface area contributed by atoms with E-state index in [1.54, 1.807) is 19.2 Å². The zero-order chi connectivity index (χ0) is 25.8. The third-order valence-corrected chi connectivity index (χ3v) is 6.04. The third-order valence-electron chi connectivity index (χ3n) is 5.78. The summed E-state index contributed by atoms with van der Waals surface area (Å²) in [7, 11) is 0. The summed E-state index contributed by atoms with van der Waals surface area (Å²) in [5.41, 5.74) is 8.77. The number of aliphatic imine (C=N–C) groups is 1. The van der Waals surface area contributed by atoms with Gasteiger partial charge in [0.15, 0.2) is 0 Å². The SMILES string of the molecule is Cc1ccccc1NN=C(N=NC(=S)n1c(C)nc(C=C2C=Nc3ccccc32)c1O)c1ccccc1. The topological polar surface area (TPSA) is 99.5 Å². The van der Waals surface area contributed by atoms with Crippen molar-refractivity contribution in [2.75, 3.05) is 5.43 Å². The summed E-state index contributed by atoms with van der Waals surface area (Å²) in [6, 6.07) is 25.1. The Labute approximate surface area is 219 Å². The first-order chi connectivity index (χ1) is 18.0. The van der Waals surface area contributed by atoms with Crippen LogP contribution in [0.3, 0.4) is 0 Å². The molecule has 182 valence electrons. The number of aromatic hydroxyl groups is 1. The highest BCUT2D eigenvalue weighted by atomic mass is 32.1. The number of aryl methyl sites for hydroxylation is 2. The maximum atomic E-state index is 10.9. The van der Waals surface area contributed by atoms with Gasteiger partial charge in [0.25, 0.3) is 0 Å². The van der Waals surface area contributed by atoms with Crippen molar-refractivity contribution in [3.63, 3.8) is 0 Å². The van der Waals surface area contributed by atoms with Crippen molar-refractivity contribution in [2.45, 2.75) is 13.8 Å². The van der Waals surface area contributed by atoms with Crippen LogP contribution in [0.1, 0.15) is 28.2 Å². The fourth-order valence-corrected chi connectivity index (χ4v) is 4.11. The van der Waals surface area contributed by atoms with Gasteiger partial charge < -0.3 is 5.11 Å². The molecule has 3 aromatic carbocycles. The Bertz CT molecular complexity index is 1600. The number of hydrogen-bond acceptors (Lipinski definition) is 6. The van der Waals surface area contributed by atoms with E-state index < -0.39 is 0 Å². The Balaban J connectivity index is 1.43. The fourth-order valence-electron chi connectivity index (χ4n) is 3.85. The van der Waals surface area contributed by atoms with Crippen LogP contribution in [0.4, 0.5) is 11.4 Å². The highest BCUT2D eigenvalue weighted by Gasteiger charge is 2.18. The molecule has 2 N–H and O–H groups in total. The number of anilines is 1. The molecule has 5 rings (SSSR count). The van der Waals surface area contributed by atoms with E-state index in [9.17, 15) is 5.11 Å². The molecule has 1 aliphatic rings. The molecule has 0 saturated carbocycles. The summed E-state index contributed by atoms with van der Waals surface area (Å²) in [6.07, 6.45) is 3.53. The maximum absolute atomic E-state index is 10.9. The first-order valence-electron chi connectivity index (χ1n) is 11.6. The standard InChI is InChI=1S/C28H23N7OS/c1-18-10-6-8-14-23(18)31-32-26(20-11-4-3-5-12-20)33-34-28(37)35-19(2)30-25(27(35)36)16-21-17-29-24-15-9-7-13-22(21)24/h3-17,31,36H,1-2H3. The zero-order valence-corrected chi connectivity index (χ0v) is 21.0. The minimum Gasteiger partial charge on any atom is -0.493 e. The molecule has 0 aliphatic carbocycles. The van der Waals surface area contributed by atoms with E-state index in [4.69, 9.17) is 12.2 Å². The third kappa shape index (κ3) is 5.12. The second kappa shape index (κ2) is 10.5. The lowest BCUT2D eigenvalue weighted by molar-refractivity contribution is 0.444. The number of para-hydroxylation sites is 2. The molecule has 37 heavy (non-hydrogen) atoms. The number of azo groups is 1. The number of amidine groups is 1. The monoisotopic (exact) mass is 505 g/mol. The maximum Gasteiger partial charge on any atom is 0.228 e. The van der Waals surface area contributed by atoms with Crippen LogP contribution in [0, 0.1) is 13.8 Å². The molecule has 1 aromatic heterocycles. The van der Waals surface area contributed by atoms with Crippen molar-refractivity contribution in [3.05, 3.63) is 107 Å². The molecule has 0 saturated heterocycles. The Hall–Kier alpha value is -4.76. The fraction of sp³-hybridized carbons (Fsp3) is 0.0714. The highest BCUT2D eigenvalue weighted by molar-refractivity contribution is 7.80. The van der Waals surface area contributed by atoms with Crippen LogP contribution in [0.2, 0.25) is 0 Å². The molecule has 0 fully saturated rings. The van der Waals surface area contributed by atoms with E-state index >= 15 is 0 Å². The molecule has 0 atom stereocenters. The van der Waals surface area contributed by atoms with E-state index in [-0.39, 0.29) is 11.0 Å². The zero-order valence-electron chi connectivity index (χ0n) is 20.2. The number of nitrogens with one attached hydrogen (secondary N) is 1. The number of fused-ring (bicyclic) bond motifs is 1. The van der Waals surface area contributed by atoms with Gasteiger partial charge in [0, 0.05) is 22.9 Å². The second-order valence-electron chi connectivity index (χ2n) is 8.29. The summed E-state index contributed by atoms with van der Waals surface area (Å²) >= 11 is 5.50. The molecule has 0 unspecified atom stereocenters. The minimum absolute atomic E-state index is 0.0344. The Morgan fingerprint density at radius 3 is 2.49 bits per heavy atom. The molecule has 0 radical (unpaired) electrons. The van der Waals surface area contributed by atoms with Crippen LogP contribution in [0.15, 0.2) is 99.2 Å². The van der Waals surface area contributed by atoms with Gasteiger partial charge in [0.1, 0.15) is 11.5 Å². The van der Waals surface area contributed by atoms with Crippen molar-refractivity contribution < 1.29 is 5.11 Å². The van der Waals surface area contributed by atoms with Crippen LogP contribution in [-0.4, -0.2) is 31.8 Å². The number of benzene rings is 3. The van der Waals surface area contributed by atoms with Crippen molar-refractivity contribution >= 4 is 52.4 Å². The molecular weight excluding hydrogens is 482 g/mol. The van der Waals surface area contributed by atoms with Gasteiger partial charge in [-0.25, -0.2) is 9.55 Å². The number of rotatable bonds is 4. The van der Waals surface area contributed by atoms with Crippen molar-refractivity contribution in [2.24, 2.45) is 20.3 Å². The van der Waals surface area contributed by atoms with Gasteiger partial charge in [-0.3, -0.25) is 10.4 Å². The summed E-state index contributed by atoms with van der Waals surface area (Å²) in [5.74, 6) is 0.695.